The van der Waals surface area contributed by atoms with Gasteiger partial charge in [-0.25, -0.2) is 0 Å². The van der Waals surface area contributed by atoms with E-state index < -0.39 is 5.25 Å². The lowest BCUT2D eigenvalue weighted by atomic mass is 10.1. The molecule has 36 heavy (non-hydrogen) atoms. The normalized spacial score (nSPS) is 11.5. The fourth-order valence-corrected chi connectivity index (χ4v) is 4.91. The Kier molecular flexibility index (Phi) is 8.70. The quantitative estimate of drug-likeness (QED) is 0.225. The number of halogens is 2. The molecule has 4 rings (SSSR count). The fourth-order valence-electron chi connectivity index (χ4n) is 3.59. The van der Waals surface area contributed by atoms with Crippen molar-refractivity contribution in [1.82, 2.24) is 0 Å². The van der Waals surface area contributed by atoms with Gasteiger partial charge in [-0.15, -0.1) is 11.8 Å². The molecule has 0 spiro atoms. The molecular weight excluding hydrogens is 511 g/mol. The molecule has 2 amide bonds. The van der Waals surface area contributed by atoms with Crippen LogP contribution in [0.5, 0.6) is 0 Å². The van der Waals surface area contributed by atoms with Crippen LogP contribution in [0.3, 0.4) is 0 Å². The van der Waals surface area contributed by atoms with Crippen molar-refractivity contribution in [2.45, 2.75) is 23.5 Å². The molecule has 182 valence electrons. The van der Waals surface area contributed by atoms with Crippen LogP contribution in [-0.2, 0) is 16.0 Å². The Morgan fingerprint density at radius 2 is 1.50 bits per heavy atom. The molecule has 0 radical (unpaired) electrons. The van der Waals surface area contributed by atoms with Gasteiger partial charge < -0.3 is 10.6 Å². The maximum Gasteiger partial charge on any atom is 0.242 e. The minimum Gasteiger partial charge on any atom is -0.326 e. The first-order chi connectivity index (χ1) is 17.4. The summed E-state index contributed by atoms with van der Waals surface area (Å²) in [6.07, 6.45) is 0.257. The average Bonchev–Trinajstić information content (AvgIpc) is 2.88. The number of hydrogen-bond acceptors (Lipinski definition) is 3. The molecular formula is C29H24Cl2N2O2S. The number of carbonyl (C=O) groups is 2. The number of carbonyl (C=O) groups excluding carboxylic acids is 2. The summed E-state index contributed by atoms with van der Waals surface area (Å²) in [7, 11) is 0. The second-order valence-electron chi connectivity index (χ2n) is 8.19. The fraction of sp³-hybridized carbons (Fsp3) is 0.103. The molecule has 0 heterocycles. The molecule has 0 bridgehead atoms. The van der Waals surface area contributed by atoms with Gasteiger partial charge in [-0.1, -0.05) is 71.7 Å². The summed E-state index contributed by atoms with van der Waals surface area (Å²) >= 11 is 13.6. The van der Waals surface area contributed by atoms with Gasteiger partial charge in [0.25, 0.3) is 0 Å². The first-order valence-corrected chi connectivity index (χ1v) is 12.9. The van der Waals surface area contributed by atoms with E-state index in [1.165, 1.54) is 11.8 Å². The van der Waals surface area contributed by atoms with Crippen LogP contribution < -0.4 is 10.6 Å². The smallest absolute Gasteiger partial charge is 0.242 e. The molecule has 0 fully saturated rings. The maximum absolute atomic E-state index is 13.3. The topological polar surface area (TPSA) is 58.2 Å². The van der Waals surface area contributed by atoms with Crippen LogP contribution in [0.15, 0.2) is 102 Å². The maximum atomic E-state index is 13.3. The second kappa shape index (κ2) is 12.1. The number of hydrogen-bond donors (Lipinski definition) is 2. The lowest BCUT2D eigenvalue weighted by Crippen LogP contribution is -2.19. The van der Waals surface area contributed by atoms with Gasteiger partial charge >= 0.3 is 0 Å². The van der Waals surface area contributed by atoms with E-state index in [4.69, 9.17) is 23.2 Å². The van der Waals surface area contributed by atoms with Crippen molar-refractivity contribution in [2.24, 2.45) is 0 Å². The van der Waals surface area contributed by atoms with Gasteiger partial charge in [0.15, 0.2) is 0 Å². The summed E-state index contributed by atoms with van der Waals surface area (Å²) in [6, 6.07) is 29.8. The molecule has 0 aromatic heterocycles. The number of amides is 2. The van der Waals surface area contributed by atoms with Crippen LogP contribution in [0.4, 0.5) is 11.4 Å². The van der Waals surface area contributed by atoms with Crippen molar-refractivity contribution in [3.63, 3.8) is 0 Å². The van der Waals surface area contributed by atoms with E-state index in [-0.39, 0.29) is 18.2 Å². The molecule has 0 aliphatic heterocycles. The van der Waals surface area contributed by atoms with Gasteiger partial charge in [-0.2, -0.15) is 0 Å². The van der Waals surface area contributed by atoms with Crippen LogP contribution in [0.25, 0.3) is 0 Å². The lowest BCUT2D eigenvalue weighted by Gasteiger charge is -2.18. The van der Waals surface area contributed by atoms with Gasteiger partial charge in [0.1, 0.15) is 5.25 Å². The third-order valence-corrected chi connectivity index (χ3v) is 7.46. The van der Waals surface area contributed by atoms with E-state index in [1.54, 1.807) is 18.2 Å². The average molecular weight is 535 g/mol. The van der Waals surface area contributed by atoms with Crippen LogP contribution in [-0.4, -0.2) is 11.8 Å². The zero-order valence-corrected chi connectivity index (χ0v) is 21.8. The third kappa shape index (κ3) is 6.91. The summed E-state index contributed by atoms with van der Waals surface area (Å²) in [5, 5.41) is 6.70. The standard InChI is InChI=1S/C29H24Cl2N2O2S/c1-19-25(31)8-5-9-26(19)33-29(35)28(21-6-3-2-4-7-21)36-24-16-14-23(15-17-24)32-27(34)18-20-10-12-22(30)13-11-20/h2-17,28H,18H2,1H3,(H,32,34)(H,33,35). The largest absolute Gasteiger partial charge is 0.326 e. The molecule has 4 aromatic carbocycles. The Morgan fingerprint density at radius 1 is 0.806 bits per heavy atom. The predicted octanol–water partition coefficient (Wildman–Crippen LogP) is 7.96. The zero-order valence-electron chi connectivity index (χ0n) is 19.5. The summed E-state index contributed by atoms with van der Waals surface area (Å²) < 4.78 is 0. The molecule has 0 saturated heterocycles. The highest BCUT2D eigenvalue weighted by molar-refractivity contribution is 8.00. The molecule has 0 saturated carbocycles. The highest BCUT2D eigenvalue weighted by Crippen LogP contribution is 2.37. The van der Waals surface area contributed by atoms with Gasteiger partial charge in [-0.05, 0) is 72.1 Å². The highest BCUT2D eigenvalue weighted by Gasteiger charge is 2.23. The molecule has 7 heteroatoms. The predicted molar refractivity (Wildman–Crippen MR) is 150 cm³/mol. The molecule has 1 atom stereocenters. The van der Waals surface area contributed by atoms with E-state index in [0.717, 1.165) is 21.6 Å². The summed E-state index contributed by atoms with van der Waals surface area (Å²) in [5.74, 6) is -0.256. The van der Waals surface area contributed by atoms with Crippen molar-refractivity contribution < 1.29 is 9.59 Å². The van der Waals surface area contributed by atoms with Gasteiger partial charge in [-0.3, -0.25) is 9.59 Å². The van der Waals surface area contributed by atoms with Gasteiger partial charge in [0.2, 0.25) is 11.8 Å². The molecule has 4 aromatic rings. The van der Waals surface area contributed by atoms with E-state index in [1.807, 2.05) is 85.8 Å². The van der Waals surface area contributed by atoms with Crippen LogP contribution >= 0.6 is 35.0 Å². The van der Waals surface area contributed by atoms with Crippen molar-refractivity contribution in [3.05, 3.63) is 124 Å². The molecule has 0 aliphatic carbocycles. The molecule has 0 aliphatic rings. The first-order valence-electron chi connectivity index (χ1n) is 11.3. The molecule has 4 nitrogen and oxygen atoms in total. The molecule has 1 unspecified atom stereocenters. The number of benzene rings is 4. The van der Waals surface area contributed by atoms with E-state index in [0.29, 0.717) is 21.4 Å². The lowest BCUT2D eigenvalue weighted by molar-refractivity contribution is -0.116. The Balaban J connectivity index is 1.45. The number of nitrogens with one attached hydrogen (secondary N) is 2. The van der Waals surface area contributed by atoms with Crippen molar-refractivity contribution in [3.8, 4) is 0 Å². The Morgan fingerprint density at radius 3 is 2.19 bits per heavy atom. The van der Waals surface area contributed by atoms with Crippen LogP contribution in [0.2, 0.25) is 10.0 Å². The van der Waals surface area contributed by atoms with E-state index >= 15 is 0 Å². The third-order valence-electron chi connectivity index (χ3n) is 5.54. The molecule has 2 N–H and O–H groups in total. The minimum absolute atomic E-state index is 0.115. The highest BCUT2D eigenvalue weighted by atomic mass is 35.5. The minimum atomic E-state index is -0.477. The summed E-state index contributed by atoms with van der Waals surface area (Å²) in [4.78, 5) is 26.7. The van der Waals surface area contributed by atoms with Crippen molar-refractivity contribution >= 4 is 58.2 Å². The number of thioether (sulfide) groups is 1. The van der Waals surface area contributed by atoms with Gasteiger partial charge in [0, 0.05) is 26.3 Å². The van der Waals surface area contributed by atoms with Crippen molar-refractivity contribution in [2.75, 3.05) is 10.6 Å². The van der Waals surface area contributed by atoms with E-state index in [9.17, 15) is 9.59 Å². The first kappa shape index (κ1) is 25.8. The summed E-state index contributed by atoms with van der Waals surface area (Å²) in [6.45, 7) is 1.88. The van der Waals surface area contributed by atoms with Crippen LogP contribution in [0.1, 0.15) is 21.9 Å². The Bertz CT molecular complexity index is 1340. The zero-order chi connectivity index (χ0) is 25.5. The monoisotopic (exact) mass is 534 g/mol. The summed E-state index contributed by atoms with van der Waals surface area (Å²) in [5.41, 5.74) is 3.97. The van der Waals surface area contributed by atoms with E-state index in [2.05, 4.69) is 10.6 Å². The Hall–Kier alpha value is -3.25. The Labute approximate surface area is 225 Å². The number of rotatable bonds is 8. The SMILES string of the molecule is Cc1c(Cl)cccc1NC(=O)C(Sc1ccc(NC(=O)Cc2ccc(Cl)cc2)cc1)c1ccccc1. The second-order valence-corrected chi connectivity index (χ2v) is 10.2. The van der Waals surface area contributed by atoms with Crippen LogP contribution in [0, 0.1) is 6.92 Å². The van der Waals surface area contributed by atoms with Crippen molar-refractivity contribution in [1.29, 1.82) is 0 Å². The van der Waals surface area contributed by atoms with Gasteiger partial charge in [0.05, 0.1) is 6.42 Å². The number of anilines is 2.